The third-order valence-corrected chi connectivity index (χ3v) is 5.46. The zero-order valence-electron chi connectivity index (χ0n) is 15.9. The maximum atomic E-state index is 11.9. The van der Waals surface area contributed by atoms with Crippen LogP contribution in [0, 0.1) is 5.92 Å². The summed E-state index contributed by atoms with van der Waals surface area (Å²) in [4.78, 5) is 14.4. The summed E-state index contributed by atoms with van der Waals surface area (Å²) in [5, 5.41) is 7.61. The fourth-order valence-corrected chi connectivity index (χ4v) is 3.86. The second-order valence-electron chi connectivity index (χ2n) is 7.73. The number of ether oxygens (including phenoxy) is 1. The number of carbonyl (C=O) groups is 1. The first-order chi connectivity index (χ1) is 13.2. The van der Waals surface area contributed by atoms with Crippen LogP contribution in [0.15, 0.2) is 36.5 Å². The lowest BCUT2D eigenvalue weighted by Crippen LogP contribution is -2.39. The van der Waals surface area contributed by atoms with Gasteiger partial charge >= 0.3 is 0 Å². The number of nitrogens with zero attached hydrogens (tertiary/aromatic N) is 3. The summed E-state index contributed by atoms with van der Waals surface area (Å²) < 4.78 is 7.48. The first-order valence-electron chi connectivity index (χ1n) is 9.85. The highest BCUT2D eigenvalue weighted by atomic mass is 16.5. The van der Waals surface area contributed by atoms with E-state index in [1.807, 2.05) is 18.3 Å². The number of amides is 1. The van der Waals surface area contributed by atoms with Crippen molar-refractivity contribution >= 4 is 5.91 Å². The molecule has 0 bridgehead atoms. The van der Waals surface area contributed by atoms with E-state index in [1.165, 1.54) is 24.1 Å². The van der Waals surface area contributed by atoms with Crippen molar-refractivity contribution in [2.24, 2.45) is 5.92 Å². The van der Waals surface area contributed by atoms with Crippen LogP contribution in [0.2, 0.25) is 0 Å². The molecule has 2 aliphatic rings. The Kier molecular flexibility index (Phi) is 5.43. The van der Waals surface area contributed by atoms with Crippen LogP contribution < -0.4 is 10.1 Å². The number of aromatic nitrogens is 2. The number of methoxy groups -OCH3 is 1. The Balaban J connectivity index is 1.35. The minimum absolute atomic E-state index is 0.197. The quantitative estimate of drug-likeness (QED) is 0.778. The Labute approximate surface area is 160 Å². The summed E-state index contributed by atoms with van der Waals surface area (Å²) in [6.45, 7) is 3.42. The standard InChI is InChI=1S/C21H28N4O2/c1-27-20-4-2-3-17(11-20)13-24-14-18(25-19(15-24)8-10-23-25)7-9-22-21(26)12-16-5-6-16/h2-4,8,10-11,16,18H,5-7,9,12-15H2,1H3,(H,22,26). The number of benzene rings is 1. The van der Waals surface area contributed by atoms with Gasteiger partial charge < -0.3 is 10.1 Å². The third kappa shape index (κ3) is 4.69. The van der Waals surface area contributed by atoms with Gasteiger partial charge in [-0.05, 0) is 48.9 Å². The van der Waals surface area contributed by atoms with Crippen molar-refractivity contribution in [1.29, 1.82) is 0 Å². The van der Waals surface area contributed by atoms with Crippen molar-refractivity contribution in [2.75, 3.05) is 20.2 Å². The third-order valence-electron chi connectivity index (χ3n) is 5.46. The minimum Gasteiger partial charge on any atom is -0.497 e. The molecule has 0 spiro atoms. The summed E-state index contributed by atoms with van der Waals surface area (Å²) in [6.07, 6.45) is 5.90. The lowest BCUT2D eigenvalue weighted by Gasteiger charge is -2.34. The van der Waals surface area contributed by atoms with Gasteiger partial charge in [0.2, 0.25) is 5.91 Å². The van der Waals surface area contributed by atoms with Gasteiger partial charge in [-0.15, -0.1) is 0 Å². The fraction of sp³-hybridized carbons (Fsp3) is 0.524. The molecule has 1 atom stereocenters. The molecule has 4 rings (SSSR count). The van der Waals surface area contributed by atoms with Gasteiger partial charge in [0.15, 0.2) is 0 Å². The van der Waals surface area contributed by atoms with Gasteiger partial charge in [0.25, 0.3) is 0 Å². The molecule has 1 aromatic carbocycles. The van der Waals surface area contributed by atoms with E-state index in [2.05, 4.69) is 38.2 Å². The average molecular weight is 368 g/mol. The Hall–Kier alpha value is -2.34. The predicted molar refractivity (Wildman–Crippen MR) is 103 cm³/mol. The molecule has 1 amide bonds. The SMILES string of the molecule is COc1cccc(CN2Cc3ccnn3C(CCNC(=O)CC3CC3)C2)c1. The van der Waals surface area contributed by atoms with Crippen molar-refractivity contribution in [2.45, 2.75) is 44.8 Å². The van der Waals surface area contributed by atoms with E-state index in [0.717, 1.165) is 31.8 Å². The molecule has 144 valence electrons. The normalized spacial score (nSPS) is 19.5. The summed E-state index contributed by atoms with van der Waals surface area (Å²) >= 11 is 0. The molecule has 1 unspecified atom stereocenters. The number of carbonyl (C=O) groups excluding carboxylic acids is 1. The van der Waals surface area contributed by atoms with Crippen LogP contribution in [-0.4, -0.2) is 40.8 Å². The molecule has 6 nitrogen and oxygen atoms in total. The highest BCUT2D eigenvalue weighted by Crippen LogP contribution is 2.32. The zero-order valence-corrected chi connectivity index (χ0v) is 15.9. The summed E-state index contributed by atoms with van der Waals surface area (Å²) in [5.74, 6) is 1.72. The van der Waals surface area contributed by atoms with E-state index >= 15 is 0 Å². The molecular formula is C21H28N4O2. The van der Waals surface area contributed by atoms with Crippen molar-refractivity contribution in [1.82, 2.24) is 20.0 Å². The second kappa shape index (κ2) is 8.13. The molecule has 1 aromatic heterocycles. The Morgan fingerprint density at radius 1 is 1.33 bits per heavy atom. The molecule has 1 saturated carbocycles. The number of hydrogen-bond donors (Lipinski definition) is 1. The molecule has 27 heavy (non-hydrogen) atoms. The van der Waals surface area contributed by atoms with Crippen LogP contribution >= 0.6 is 0 Å². The van der Waals surface area contributed by atoms with E-state index in [9.17, 15) is 4.79 Å². The number of nitrogens with one attached hydrogen (secondary N) is 1. The molecule has 1 aliphatic heterocycles. The van der Waals surface area contributed by atoms with E-state index in [1.54, 1.807) is 7.11 Å². The van der Waals surface area contributed by atoms with Gasteiger partial charge in [0.1, 0.15) is 5.75 Å². The largest absolute Gasteiger partial charge is 0.497 e. The first kappa shape index (κ1) is 18.0. The van der Waals surface area contributed by atoms with Gasteiger partial charge in [-0.2, -0.15) is 5.10 Å². The van der Waals surface area contributed by atoms with E-state index < -0.39 is 0 Å². The van der Waals surface area contributed by atoms with Crippen molar-refractivity contribution in [3.05, 3.63) is 47.8 Å². The maximum Gasteiger partial charge on any atom is 0.220 e. The van der Waals surface area contributed by atoms with E-state index in [0.29, 0.717) is 18.9 Å². The van der Waals surface area contributed by atoms with Gasteiger partial charge in [0, 0.05) is 38.8 Å². The van der Waals surface area contributed by atoms with E-state index in [4.69, 9.17) is 4.74 Å². The smallest absolute Gasteiger partial charge is 0.220 e. The summed E-state index contributed by atoms with van der Waals surface area (Å²) in [6, 6.07) is 10.6. The van der Waals surface area contributed by atoms with Gasteiger partial charge in [-0.25, -0.2) is 0 Å². The van der Waals surface area contributed by atoms with Gasteiger partial charge in [-0.1, -0.05) is 12.1 Å². The van der Waals surface area contributed by atoms with Crippen LogP contribution in [0.4, 0.5) is 0 Å². The minimum atomic E-state index is 0.197. The van der Waals surface area contributed by atoms with Crippen molar-refractivity contribution in [3.8, 4) is 5.75 Å². The molecule has 1 fully saturated rings. The lowest BCUT2D eigenvalue weighted by atomic mass is 10.1. The molecule has 2 aromatic rings. The van der Waals surface area contributed by atoms with Crippen LogP contribution in [-0.2, 0) is 17.9 Å². The molecule has 0 saturated heterocycles. The van der Waals surface area contributed by atoms with Crippen LogP contribution in [0.3, 0.4) is 0 Å². The Bertz CT molecular complexity index is 784. The number of rotatable bonds is 8. The van der Waals surface area contributed by atoms with Crippen LogP contribution in [0.5, 0.6) is 5.75 Å². The highest BCUT2D eigenvalue weighted by molar-refractivity contribution is 5.76. The number of hydrogen-bond acceptors (Lipinski definition) is 4. The molecule has 1 N–H and O–H groups in total. The van der Waals surface area contributed by atoms with Gasteiger partial charge in [0.05, 0.1) is 18.8 Å². The molecule has 0 radical (unpaired) electrons. The van der Waals surface area contributed by atoms with Crippen LogP contribution in [0.1, 0.15) is 43.0 Å². The molecular weight excluding hydrogens is 340 g/mol. The molecule has 6 heteroatoms. The van der Waals surface area contributed by atoms with Gasteiger partial charge in [-0.3, -0.25) is 14.4 Å². The average Bonchev–Trinajstić information content (AvgIpc) is 3.35. The zero-order chi connectivity index (χ0) is 18.6. The Morgan fingerprint density at radius 2 is 2.22 bits per heavy atom. The topological polar surface area (TPSA) is 59.4 Å². The maximum absolute atomic E-state index is 11.9. The first-order valence-corrected chi connectivity index (χ1v) is 9.85. The molecule has 1 aliphatic carbocycles. The van der Waals surface area contributed by atoms with Crippen molar-refractivity contribution < 1.29 is 9.53 Å². The summed E-state index contributed by atoms with van der Waals surface area (Å²) in [7, 11) is 1.70. The predicted octanol–water partition coefficient (Wildman–Crippen LogP) is 2.76. The fourth-order valence-electron chi connectivity index (χ4n) is 3.86. The van der Waals surface area contributed by atoms with E-state index in [-0.39, 0.29) is 11.9 Å². The summed E-state index contributed by atoms with van der Waals surface area (Å²) in [5.41, 5.74) is 2.48. The highest BCUT2D eigenvalue weighted by Gasteiger charge is 2.27. The monoisotopic (exact) mass is 368 g/mol. The van der Waals surface area contributed by atoms with Crippen molar-refractivity contribution in [3.63, 3.8) is 0 Å². The molecule has 2 heterocycles. The van der Waals surface area contributed by atoms with Crippen LogP contribution in [0.25, 0.3) is 0 Å². The lowest BCUT2D eigenvalue weighted by molar-refractivity contribution is -0.121. The number of fused-ring (bicyclic) bond motifs is 1. The second-order valence-corrected chi connectivity index (χ2v) is 7.73. The Morgan fingerprint density at radius 3 is 3.04 bits per heavy atom.